The van der Waals surface area contributed by atoms with Crippen molar-refractivity contribution in [1.82, 2.24) is 5.32 Å². The van der Waals surface area contributed by atoms with E-state index in [9.17, 15) is 4.79 Å². The van der Waals surface area contributed by atoms with E-state index in [1.807, 2.05) is 11.3 Å². The molecule has 128 valence electrons. The summed E-state index contributed by atoms with van der Waals surface area (Å²) in [5.74, 6) is 0.847. The average Bonchev–Trinajstić information content (AvgIpc) is 2.92. The van der Waals surface area contributed by atoms with Crippen molar-refractivity contribution in [1.29, 1.82) is 0 Å². The van der Waals surface area contributed by atoms with Gasteiger partial charge in [-0.25, -0.2) is 0 Å². The van der Waals surface area contributed by atoms with E-state index >= 15 is 0 Å². The quantitative estimate of drug-likeness (QED) is 0.775. The number of carbonyl (C=O) groups excluding carboxylic acids is 1. The van der Waals surface area contributed by atoms with E-state index in [1.54, 1.807) is 0 Å². The van der Waals surface area contributed by atoms with Gasteiger partial charge in [-0.15, -0.1) is 11.3 Å². The lowest BCUT2D eigenvalue weighted by atomic mass is 9.87. The van der Waals surface area contributed by atoms with E-state index in [1.165, 1.54) is 9.75 Å². The van der Waals surface area contributed by atoms with E-state index in [0.29, 0.717) is 19.1 Å². The van der Waals surface area contributed by atoms with Crippen molar-refractivity contribution in [2.24, 2.45) is 11.3 Å². The van der Waals surface area contributed by atoms with Crippen LogP contribution in [0.15, 0.2) is 12.1 Å². The van der Waals surface area contributed by atoms with E-state index in [2.05, 4.69) is 38.2 Å². The molecule has 1 saturated heterocycles. The third-order valence-electron chi connectivity index (χ3n) is 4.81. The predicted octanol–water partition coefficient (Wildman–Crippen LogP) is 3.46. The zero-order valence-corrected chi connectivity index (χ0v) is 15.1. The highest BCUT2D eigenvalue weighted by Gasteiger charge is 2.44. The van der Waals surface area contributed by atoms with Gasteiger partial charge in [-0.1, -0.05) is 13.8 Å². The minimum absolute atomic E-state index is 0.00214. The summed E-state index contributed by atoms with van der Waals surface area (Å²) in [7, 11) is 0. The normalized spacial score (nSPS) is 24.8. The SMILES string of the molecule is Cc1ccc([C@H]2C[C@H]2C(=O)NCCCC(C)(C)C2OCCO2)s1. The molecule has 0 aromatic carbocycles. The van der Waals surface area contributed by atoms with Crippen LogP contribution in [0, 0.1) is 18.3 Å². The Morgan fingerprint density at radius 1 is 1.35 bits per heavy atom. The summed E-state index contributed by atoms with van der Waals surface area (Å²) in [5.41, 5.74) is -0.00214. The number of rotatable bonds is 7. The van der Waals surface area contributed by atoms with Crippen LogP contribution in [0.1, 0.15) is 48.8 Å². The van der Waals surface area contributed by atoms with Crippen molar-refractivity contribution >= 4 is 17.2 Å². The third-order valence-corrected chi connectivity index (χ3v) is 5.94. The molecule has 4 nitrogen and oxygen atoms in total. The lowest BCUT2D eigenvalue weighted by Crippen LogP contribution is -2.32. The van der Waals surface area contributed by atoms with Gasteiger partial charge in [0.15, 0.2) is 6.29 Å². The summed E-state index contributed by atoms with van der Waals surface area (Å²) in [4.78, 5) is 14.9. The highest BCUT2D eigenvalue weighted by molar-refractivity contribution is 7.12. The second kappa shape index (κ2) is 6.91. The Hall–Kier alpha value is -0.910. The van der Waals surface area contributed by atoms with Crippen LogP contribution < -0.4 is 5.32 Å². The molecular formula is C18H27NO3S. The number of hydrogen-bond donors (Lipinski definition) is 1. The molecule has 0 spiro atoms. The molecule has 3 rings (SSSR count). The minimum Gasteiger partial charge on any atom is -0.356 e. The lowest BCUT2D eigenvalue weighted by molar-refractivity contribution is -0.124. The molecule has 1 aromatic rings. The van der Waals surface area contributed by atoms with Gasteiger partial charge in [0.2, 0.25) is 5.91 Å². The maximum atomic E-state index is 12.2. The van der Waals surface area contributed by atoms with Crippen LogP contribution in [-0.4, -0.2) is 32.0 Å². The molecule has 1 amide bonds. The van der Waals surface area contributed by atoms with Crippen LogP contribution in [-0.2, 0) is 14.3 Å². The minimum atomic E-state index is -0.104. The summed E-state index contributed by atoms with van der Waals surface area (Å²) < 4.78 is 11.2. The maximum Gasteiger partial charge on any atom is 0.223 e. The van der Waals surface area contributed by atoms with E-state index in [0.717, 1.165) is 25.8 Å². The maximum absolute atomic E-state index is 12.2. The second-order valence-electron chi connectivity index (χ2n) is 7.35. The standard InChI is InChI=1S/C18H27NO3S/c1-12-5-6-15(23-12)13-11-14(13)16(20)19-8-4-7-18(2,3)17-21-9-10-22-17/h5-6,13-14,17H,4,7-11H2,1-3H3,(H,19,20)/t13-,14+/m0/s1. The molecule has 0 unspecified atom stereocenters. The van der Waals surface area contributed by atoms with Crippen LogP contribution in [0.3, 0.4) is 0 Å². The largest absolute Gasteiger partial charge is 0.356 e. The van der Waals surface area contributed by atoms with Crippen LogP contribution in [0.4, 0.5) is 0 Å². The van der Waals surface area contributed by atoms with Crippen molar-refractivity contribution in [3.63, 3.8) is 0 Å². The number of amides is 1. The van der Waals surface area contributed by atoms with Crippen molar-refractivity contribution in [2.75, 3.05) is 19.8 Å². The highest BCUT2D eigenvalue weighted by atomic mass is 32.1. The first-order valence-electron chi connectivity index (χ1n) is 8.54. The van der Waals surface area contributed by atoms with Crippen molar-refractivity contribution in [2.45, 2.75) is 52.2 Å². The molecule has 1 aliphatic heterocycles. The first-order chi connectivity index (χ1) is 11.0. The van der Waals surface area contributed by atoms with E-state index < -0.39 is 0 Å². The number of carbonyl (C=O) groups is 1. The lowest BCUT2D eigenvalue weighted by Gasteiger charge is -2.29. The number of hydrogen-bond acceptors (Lipinski definition) is 4. The Bertz CT molecular complexity index is 548. The Morgan fingerprint density at radius 3 is 2.74 bits per heavy atom. The topological polar surface area (TPSA) is 47.6 Å². The molecule has 2 fully saturated rings. The van der Waals surface area contributed by atoms with Crippen molar-refractivity contribution in [3.05, 3.63) is 21.9 Å². The Balaban J connectivity index is 1.35. The van der Waals surface area contributed by atoms with Gasteiger partial charge < -0.3 is 14.8 Å². The molecule has 2 aliphatic rings. The molecule has 2 atom stereocenters. The molecule has 1 aromatic heterocycles. The fraction of sp³-hybridized carbons (Fsp3) is 0.722. The first-order valence-corrected chi connectivity index (χ1v) is 9.36. The van der Waals surface area contributed by atoms with Gasteiger partial charge in [-0.2, -0.15) is 0 Å². The van der Waals surface area contributed by atoms with Crippen LogP contribution >= 0.6 is 11.3 Å². The molecular weight excluding hydrogens is 310 g/mol. The smallest absolute Gasteiger partial charge is 0.223 e. The Morgan fingerprint density at radius 2 is 2.09 bits per heavy atom. The summed E-state index contributed by atoms with van der Waals surface area (Å²) in [6.07, 6.45) is 2.84. The molecule has 1 N–H and O–H groups in total. The van der Waals surface area contributed by atoms with Crippen molar-refractivity contribution in [3.8, 4) is 0 Å². The molecule has 0 radical (unpaired) electrons. The third kappa shape index (κ3) is 4.14. The van der Waals surface area contributed by atoms with E-state index in [-0.39, 0.29) is 23.5 Å². The van der Waals surface area contributed by atoms with Crippen LogP contribution in [0.2, 0.25) is 0 Å². The number of ether oxygens (including phenoxy) is 2. The molecule has 1 aliphatic carbocycles. The highest BCUT2D eigenvalue weighted by Crippen LogP contribution is 2.49. The Kier molecular flexibility index (Phi) is 5.09. The molecule has 1 saturated carbocycles. The molecule has 5 heteroatoms. The van der Waals surface area contributed by atoms with Gasteiger partial charge in [0, 0.05) is 33.5 Å². The average molecular weight is 337 g/mol. The summed E-state index contributed by atoms with van der Waals surface area (Å²) in [6.45, 7) is 8.57. The number of thiophene rings is 1. The van der Waals surface area contributed by atoms with Crippen LogP contribution in [0.5, 0.6) is 0 Å². The zero-order chi connectivity index (χ0) is 16.4. The predicted molar refractivity (Wildman–Crippen MR) is 91.6 cm³/mol. The van der Waals surface area contributed by atoms with Gasteiger partial charge in [-0.05, 0) is 38.3 Å². The molecule has 2 heterocycles. The van der Waals surface area contributed by atoms with E-state index in [4.69, 9.17) is 9.47 Å². The monoisotopic (exact) mass is 337 g/mol. The fourth-order valence-electron chi connectivity index (χ4n) is 3.27. The second-order valence-corrected chi connectivity index (χ2v) is 8.67. The number of nitrogens with one attached hydrogen (secondary N) is 1. The molecule has 23 heavy (non-hydrogen) atoms. The summed E-state index contributed by atoms with van der Waals surface area (Å²) in [6, 6.07) is 4.31. The Labute approximate surface area is 142 Å². The number of aryl methyl sites for hydroxylation is 1. The summed E-state index contributed by atoms with van der Waals surface area (Å²) in [5, 5.41) is 3.10. The van der Waals surface area contributed by atoms with Gasteiger partial charge in [-0.3, -0.25) is 4.79 Å². The summed E-state index contributed by atoms with van der Waals surface area (Å²) >= 11 is 1.82. The zero-order valence-electron chi connectivity index (χ0n) is 14.3. The first kappa shape index (κ1) is 16.9. The van der Waals surface area contributed by atoms with Gasteiger partial charge in [0.25, 0.3) is 0 Å². The van der Waals surface area contributed by atoms with Gasteiger partial charge in [0.1, 0.15) is 0 Å². The molecule has 0 bridgehead atoms. The fourth-order valence-corrected chi connectivity index (χ4v) is 4.32. The van der Waals surface area contributed by atoms with Gasteiger partial charge >= 0.3 is 0 Å². The van der Waals surface area contributed by atoms with Gasteiger partial charge in [0.05, 0.1) is 13.2 Å². The van der Waals surface area contributed by atoms with Crippen LogP contribution in [0.25, 0.3) is 0 Å². The van der Waals surface area contributed by atoms with Crippen molar-refractivity contribution < 1.29 is 14.3 Å².